The van der Waals surface area contributed by atoms with E-state index in [9.17, 15) is 9.59 Å². The molecular formula is C27H26ClFN6O3S. The minimum Gasteiger partial charge on any atom is -0.481 e. The van der Waals surface area contributed by atoms with Crippen molar-refractivity contribution >= 4 is 39.7 Å². The summed E-state index contributed by atoms with van der Waals surface area (Å²) in [6.07, 6.45) is 2.65. The summed E-state index contributed by atoms with van der Waals surface area (Å²) in [5.74, 6) is -0.418. The SMILES string of the molecule is Cc1nn2c3c(nc2s1)CCN(C(=O)COc1ccc(C(=O)N(C)C)nc1Cl)C3c1ccc(C2CC2)cc1F. The van der Waals surface area contributed by atoms with Gasteiger partial charge in [-0.1, -0.05) is 35.1 Å². The lowest BCUT2D eigenvalue weighted by atomic mass is 9.93. The number of aryl methyl sites for hydroxylation is 1. The van der Waals surface area contributed by atoms with Crippen molar-refractivity contribution in [3.8, 4) is 5.75 Å². The lowest BCUT2D eigenvalue weighted by Crippen LogP contribution is -2.43. The van der Waals surface area contributed by atoms with Crippen LogP contribution >= 0.6 is 22.9 Å². The van der Waals surface area contributed by atoms with E-state index in [0.717, 1.165) is 29.1 Å². The Balaban J connectivity index is 1.31. The zero-order valence-corrected chi connectivity index (χ0v) is 23.2. The second-order valence-corrected chi connectivity index (χ2v) is 11.5. The van der Waals surface area contributed by atoms with Crippen LogP contribution in [0.5, 0.6) is 5.75 Å². The maximum absolute atomic E-state index is 15.7. The maximum Gasteiger partial charge on any atom is 0.271 e. The van der Waals surface area contributed by atoms with Gasteiger partial charge in [0.2, 0.25) is 4.96 Å². The standard InChI is InChI=1S/C27H26ClFN6O3S/c1-14-32-35-24-19(31-27(35)39-14)10-11-34(23(24)17-7-6-16(12-18(17)29)15-4-5-15)22(36)13-38-21-9-8-20(30-25(21)28)26(37)33(2)3/h6-9,12,15,23H,4-5,10-11,13H2,1-3H3. The van der Waals surface area contributed by atoms with Crippen molar-refractivity contribution < 1.29 is 18.7 Å². The third-order valence-corrected chi connectivity index (χ3v) is 8.15. The van der Waals surface area contributed by atoms with Crippen molar-refractivity contribution in [3.05, 3.63) is 74.5 Å². The smallest absolute Gasteiger partial charge is 0.271 e. The topological polar surface area (TPSA) is 92.9 Å². The number of carbonyl (C=O) groups excluding carboxylic acids is 2. The first kappa shape index (κ1) is 25.7. The van der Waals surface area contributed by atoms with Gasteiger partial charge in [0.05, 0.1) is 11.4 Å². The number of hydrogen-bond acceptors (Lipinski definition) is 7. The second-order valence-electron chi connectivity index (χ2n) is 10.0. The third-order valence-electron chi connectivity index (χ3n) is 7.05. The number of nitrogens with zero attached hydrogens (tertiary/aromatic N) is 6. The Hall–Kier alpha value is -3.57. The molecule has 1 aromatic carbocycles. The Morgan fingerprint density at radius 3 is 2.69 bits per heavy atom. The van der Waals surface area contributed by atoms with Crippen LogP contribution in [0.1, 0.15) is 62.8 Å². The number of aromatic nitrogens is 4. The lowest BCUT2D eigenvalue weighted by Gasteiger charge is -2.35. The summed E-state index contributed by atoms with van der Waals surface area (Å²) in [6, 6.07) is 7.62. The molecule has 4 heterocycles. The van der Waals surface area contributed by atoms with Crippen LogP contribution in [0, 0.1) is 12.7 Å². The van der Waals surface area contributed by atoms with Gasteiger partial charge in [0.25, 0.3) is 11.8 Å². The molecule has 1 aliphatic carbocycles. The second kappa shape index (κ2) is 9.87. The number of imidazole rings is 1. The Labute approximate surface area is 233 Å². The van der Waals surface area contributed by atoms with Crippen LogP contribution in [-0.2, 0) is 11.2 Å². The van der Waals surface area contributed by atoms with E-state index in [1.165, 1.54) is 28.4 Å². The summed E-state index contributed by atoms with van der Waals surface area (Å²) >= 11 is 7.71. The van der Waals surface area contributed by atoms with E-state index in [0.29, 0.717) is 35.1 Å². The van der Waals surface area contributed by atoms with Crippen molar-refractivity contribution in [2.75, 3.05) is 27.2 Å². The molecule has 0 N–H and O–H groups in total. The molecule has 3 aromatic heterocycles. The van der Waals surface area contributed by atoms with Crippen molar-refractivity contribution in [1.29, 1.82) is 0 Å². The van der Waals surface area contributed by atoms with Gasteiger partial charge in [-0.2, -0.15) is 5.10 Å². The number of hydrogen-bond donors (Lipinski definition) is 0. The molecule has 202 valence electrons. The molecule has 0 bridgehead atoms. The number of halogens is 2. The highest BCUT2D eigenvalue weighted by atomic mass is 35.5. The van der Waals surface area contributed by atoms with Crippen molar-refractivity contribution in [3.63, 3.8) is 0 Å². The summed E-state index contributed by atoms with van der Waals surface area (Å²) < 4.78 is 23.1. The van der Waals surface area contributed by atoms with Gasteiger partial charge < -0.3 is 14.5 Å². The summed E-state index contributed by atoms with van der Waals surface area (Å²) in [4.78, 5) is 38.3. The molecule has 4 aromatic rings. The van der Waals surface area contributed by atoms with Gasteiger partial charge in [-0.25, -0.2) is 18.9 Å². The summed E-state index contributed by atoms with van der Waals surface area (Å²) in [5, 5.41) is 5.41. The van der Waals surface area contributed by atoms with Crippen molar-refractivity contribution in [1.82, 2.24) is 29.4 Å². The van der Waals surface area contributed by atoms with E-state index in [1.807, 2.05) is 13.0 Å². The third kappa shape index (κ3) is 4.74. The van der Waals surface area contributed by atoms with Crippen LogP contribution in [0.4, 0.5) is 4.39 Å². The van der Waals surface area contributed by atoms with Crippen LogP contribution in [0.3, 0.4) is 0 Å². The Morgan fingerprint density at radius 2 is 2.00 bits per heavy atom. The first-order valence-electron chi connectivity index (χ1n) is 12.7. The van der Waals surface area contributed by atoms with E-state index in [2.05, 4.69) is 10.1 Å². The first-order chi connectivity index (χ1) is 18.7. The molecule has 12 heteroatoms. The van der Waals surface area contributed by atoms with Gasteiger partial charge in [0.15, 0.2) is 17.5 Å². The van der Waals surface area contributed by atoms with Gasteiger partial charge in [0.1, 0.15) is 22.6 Å². The number of amides is 2. The van der Waals surface area contributed by atoms with Crippen molar-refractivity contribution in [2.45, 2.75) is 38.1 Å². The Morgan fingerprint density at radius 1 is 1.21 bits per heavy atom. The fourth-order valence-corrected chi connectivity index (χ4v) is 5.96. The lowest BCUT2D eigenvalue weighted by molar-refractivity contribution is -0.135. The molecular weight excluding hydrogens is 543 g/mol. The van der Waals surface area contributed by atoms with Crippen LogP contribution < -0.4 is 4.74 Å². The monoisotopic (exact) mass is 568 g/mol. The predicted molar refractivity (Wildman–Crippen MR) is 144 cm³/mol. The van der Waals surface area contributed by atoms with E-state index in [-0.39, 0.29) is 40.8 Å². The number of pyridine rings is 1. The minimum atomic E-state index is -0.719. The highest BCUT2D eigenvalue weighted by Gasteiger charge is 2.38. The van der Waals surface area contributed by atoms with Crippen LogP contribution in [0.25, 0.3) is 4.96 Å². The van der Waals surface area contributed by atoms with Gasteiger partial charge in [-0.15, -0.1) is 0 Å². The fourth-order valence-electron chi connectivity index (χ4n) is 4.98. The molecule has 1 unspecified atom stereocenters. The average molecular weight is 569 g/mol. The number of rotatable bonds is 6. The quantitative estimate of drug-likeness (QED) is 0.320. The zero-order chi connectivity index (χ0) is 27.4. The molecule has 0 radical (unpaired) electrons. The molecule has 9 nitrogen and oxygen atoms in total. The van der Waals surface area contributed by atoms with Crippen molar-refractivity contribution in [2.24, 2.45) is 0 Å². The van der Waals surface area contributed by atoms with E-state index >= 15 is 4.39 Å². The summed E-state index contributed by atoms with van der Waals surface area (Å²) in [5.41, 5.74) is 3.05. The molecule has 0 saturated heterocycles. The maximum atomic E-state index is 15.7. The zero-order valence-electron chi connectivity index (χ0n) is 21.6. The number of benzene rings is 1. The molecule has 1 saturated carbocycles. The average Bonchev–Trinajstić information content (AvgIpc) is 3.62. The number of ether oxygens (including phenoxy) is 1. The van der Waals surface area contributed by atoms with Gasteiger partial charge in [-0.05, 0) is 49.4 Å². The summed E-state index contributed by atoms with van der Waals surface area (Å²) in [6.45, 7) is 1.89. The molecule has 39 heavy (non-hydrogen) atoms. The molecule has 1 aliphatic heterocycles. The molecule has 0 spiro atoms. The minimum absolute atomic E-state index is 0.0230. The van der Waals surface area contributed by atoms with E-state index < -0.39 is 6.04 Å². The van der Waals surface area contributed by atoms with Crippen LogP contribution in [0.2, 0.25) is 5.15 Å². The predicted octanol–water partition coefficient (Wildman–Crippen LogP) is 4.42. The Kier molecular flexibility index (Phi) is 6.50. The molecule has 1 fully saturated rings. The van der Waals surface area contributed by atoms with E-state index in [4.69, 9.17) is 21.3 Å². The van der Waals surface area contributed by atoms with Gasteiger partial charge in [0, 0.05) is 32.6 Å². The summed E-state index contributed by atoms with van der Waals surface area (Å²) in [7, 11) is 3.23. The Bertz CT molecular complexity index is 1610. The highest BCUT2D eigenvalue weighted by Crippen LogP contribution is 2.43. The largest absolute Gasteiger partial charge is 0.481 e. The number of fused-ring (bicyclic) bond motifs is 3. The normalized spacial score (nSPS) is 16.8. The molecule has 2 aliphatic rings. The van der Waals surface area contributed by atoms with Gasteiger partial charge in [-0.3, -0.25) is 9.59 Å². The molecule has 6 rings (SSSR count). The van der Waals surface area contributed by atoms with Crippen LogP contribution in [-0.4, -0.2) is 68.4 Å². The fraction of sp³-hybridized carbons (Fsp3) is 0.370. The molecule has 1 atom stereocenters. The highest BCUT2D eigenvalue weighted by molar-refractivity contribution is 7.16. The number of carbonyl (C=O) groups is 2. The van der Waals surface area contributed by atoms with Gasteiger partial charge >= 0.3 is 0 Å². The molecule has 2 amide bonds. The first-order valence-corrected chi connectivity index (χ1v) is 13.9. The van der Waals surface area contributed by atoms with E-state index in [1.54, 1.807) is 35.6 Å². The van der Waals surface area contributed by atoms with Crippen LogP contribution in [0.15, 0.2) is 30.3 Å².